The Morgan fingerprint density at radius 2 is 2.08 bits per heavy atom. The molecule has 3 aromatic rings. The van der Waals surface area contributed by atoms with Gasteiger partial charge in [0.05, 0.1) is 6.04 Å². The number of amides is 1. The van der Waals surface area contributed by atoms with Crippen molar-refractivity contribution in [2.45, 2.75) is 19.9 Å². The third-order valence-corrected chi connectivity index (χ3v) is 3.99. The molecule has 0 aliphatic carbocycles. The predicted molar refractivity (Wildman–Crippen MR) is 92.9 cm³/mol. The number of hydrogen-bond acceptors (Lipinski definition) is 3. The van der Waals surface area contributed by atoms with Crippen LogP contribution >= 0.6 is 0 Å². The lowest BCUT2D eigenvalue weighted by molar-refractivity contribution is -0.118. The van der Waals surface area contributed by atoms with E-state index < -0.39 is 6.04 Å². The lowest BCUT2D eigenvalue weighted by atomic mass is 10.0. The molecule has 2 aromatic heterocycles. The van der Waals surface area contributed by atoms with Crippen LogP contribution < -0.4 is 11.1 Å². The molecule has 2 heterocycles. The lowest BCUT2D eigenvalue weighted by Crippen LogP contribution is -2.39. The highest BCUT2D eigenvalue weighted by atomic mass is 19.1. The fraction of sp³-hybridized carbons (Fsp3) is 0.222. The largest absolute Gasteiger partial charge is 0.360 e. The van der Waals surface area contributed by atoms with Crippen molar-refractivity contribution in [1.82, 2.24) is 9.97 Å². The highest BCUT2D eigenvalue weighted by Gasteiger charge is 2.17. The fourth-order valence-corrected chi connectivity index (χ4v) is 2.48. The first-order valence-electron chi connectivity index (χ1n) is 7.75. The van der Waals surface area contributed by atoms with E-state index in [0.29, 0.717) is 5.82 Å². The number of rotatable bonds is 4. The third kappa shape index (κ3) is 3.14. The zero-order valence-corrected chi connectivity index (χ0v) is 13.5. The van der Waals surface area contributed by atoms with Gasteiger partial charge in [0.2, 0.25) is 5.91 Å². The summed E-state index contributed by atoms with van der Waals surface area (Å²) in [7, 11) is 0. The third-order valence-electron chi connectivity index (χ3n) is 3.99. The molecular weight excluding hydrogens is 307 g/mol. The number of anilines is 1. The summed E-state index contributed by atoms with van der Waals surface area (Å²) in [5.74, 6) is -0.0389. The summed E-state index contributed by atoms with van der Waals surface area (Å²) in [5.41, 5.74) is 8.34. The van der Waals surface area contributed by atoms with E-state index in [0.717, 1.165) is 22.0 Å². The summed E-state index contributed by atoms with van der Waals surface area (Å²) in [6.45, 7) is 3.78. The van der Waals surface area contributed by atoms with Gasteiger partial charge in [-0.1, -0.05) is 13.8 Å². The van der Waals surface area contributed by atoms with E-state index in [-0.39, 0.29) is 17.6 Å². The highest BCUT2D eigenvalue weighted by Crippen LogP contribution is 2.29. The second kappa shape index (κ2) is 6.41. The summed E-state index contributed by atoms with van der Waals surface area (Å²) >= 11 is 0. The molecule has 1 atom stereocenters. The minimum absolute atomic E-state index is 0.0517. The molecule has 0 bridgehead atoms. The predicted octanol–water partition coefficient (Wildman–Crippen LogP) is 3.29. The summed E-state index contributed by atoms with van der Waals surface area (Å²) < 4.78 is 13.3. The maximum Gasteiger partial charge on any atom is 0.242 e. The van der Waals surface area contributed by atoms with E-state index in [4.69, 9.17) is 5.73 Å². The van der Waals surface area contributed by atoms with Crippen LogP contribution in [-0.2, 0) is 4.79 Å². The molecule has 0 saturated carbocycles. The minimum Gasteiger partial charge on any atom is -0.360 e. The standard InChI is InChI=1S/C18H19FN4O/c1-10(2)17(20)18(24)23-16-6-3-11(8-22-16)14-9-21-15-7-12(19)4-5-13(14)15/h3-10,17,21H,20H2,1-2H3,(H,22,23,24)/t17-/m0/s1. The first-order valence-corrected chi connectivity index (χ1v) is 7.75. The van der Waals surface area contributed by atoms with Crippen molar-refractivity contribution in [3.63, 3.8) is 0 Å². The summed E-state index contributed by atoms with van der Waals surface area (Å²) in [5, 5.41) is 3.62. The molecule has 4 N–H and O–H groups in total. The topological polar surface area (TPSA) is 83.8 Å². The number of aromatic amines is 1. The fourth-order valence-electron chi connectivity index (χ4n) is 2.48. The smallest absolute Gasteiger partial charge is 0.242 e. The number of halogens is 1. The lowest BCUT2D eigenvalue weighted by Gasteiger charge is -2.14. The molecule has 0 saturated heterocycles. The van der Waals surface area contributed by atoms with E-state index >= 15 is 0 Å². The number of carbonyl (C=O) groups excluding carboxylic acids is 1. The Hall–Kier alpha value is -2.73. The Morgan fingerprint density at radius 1 is 1.29 bits per heavy atom. The van der Waals surface area contributed by atoms with Crippen LogP contribution in [0.5, 0.6) is 0 Å². The van der Waals surface area contributed by atoms with Gasteiger partial charge < -0.3 is 16.0 Å². The molecule has 0 fully saturated rings. The van der Waals surface area contributed by atoms with Crippen molar-refractivity contribution < 1.29 is 9.18 Å². The summed E-state index contributed by atoms with van der Waals surface area (Å²) in [4.78, 5) is 19.3. The zero-order valence-electron chi connectivity index (χ0n) is 13.5. The summed E-state index contributed by atoms with van der Waals surface area (Å²) in [6, 6.07) is 7.62. The average Bonchev–Trinajstić information content (AvgIpc) is 2.97. The van der Waals surface area contributed by atoms with E-state index in [9.17, 15) is 9.18 Å². The Labute approximate surface area is 139 Å². The van der Waals surface area contributed by atoms with Gasteiger partial charge in [-0.25, -0.2) is 9.37 Å². The highest BCUT2D eigenvalue weighted by molar-refractivity contribution is 5.96. The van der Waals surface area contributed by atoms with Gasteiger partial charge >= 0.3 is 0 Å². The summed E-state index contributed by atoms with van der Waals surface area (Å²) in [6.07, 6.45) is 3.48. The van der Waals surface area contributed by atoms with Gasteiger partial charge in [-0.2, -0.15) is 0 Å². The molecule has 0 spiro atoms. The maximum atomic E-state index is 13.3. The average molecular weight is 326 g/mol. The van der Waals surface area contributed by atoms with Crippen LogP contribution in [0.1, 0.15) is 13.8 Å². The Kier molecular flexibility index (Phi) is 4.31. The molecule has 24 heavy (non-hydrogen) atoms. The van der Waals surface area contributed by atoms with Gasteiger partial charge in [-0.15, -0.1) is 0 Å². The normalized spacial score (nSPS) is 12.5. The van der Waals surface area contributed by atoms with E-state index in [1.807, 2.05) is 26.1 Å². The number of nitrogens with one attached hydrogen (secondary N) is 2. The number of carbonyl (C=O) groups is 1. The molecule has 6 heteroatoms. The van der Waals surface area contributed by atoms with Gasteiger partial charge in [0.1, 0.15) is 11.6 Å². The van der Waals surface area contributed by atoms with E-state index in [1.165, 1.54) is 12.1 Å². The van der Waals surface area contributed by atoms with Crippen LogP contribution in [0.15, 0.2) is 42.7 Å². The zero-order chi connectivity index (χ0) is 17.3. The van der Waals surface area contributed by atoms with Gasteiger partial charge in [0.25, 0.3) is 0 Å². The molecular formula is C18H19FN4O. The Morgan fingerprint density at radius 3 is 2.75 bits per heavy atom. The van der Waals surface area contributed by atoms with Crippen LogP contribution in [0.4, 0.5) is 10.2 Å². The van der Waals surface area contributed by atoms with Gasteiger partial charge in [0, 0.05) is 34.4 Å². The molecule has 0 unspecified atom stereocenters. The molecule has 0 radical (unpaired) electrons. The minimum atomic E-state index is -0.574. The number of H-pyrrole nitrogens is 1. The number of benzene rings is 1. The van der Waals surface area contributed by atoms with Crippen LogP contribution in [-0.4, -0.2) is 21.9 Å². The number of nitrogens with zero attached hydrogens (tertiary/aromatic N) is 1. The Bertz CT molecular complexity index is 870. The Balaban J connectivity index is 1.82. The van der Waals surface area contributed by atoms with E-state index in [2.05, 4.69) is 15.3 Å². The molecule has 5 nitrogen and oxygen atoms in total. The maximum absolute atomic E-state index is 13.3. The first-order chi connectivity index (χ1) is 11.5. The number of fused-ring (bicyclic) bond motifs is 1. The molecule has 0 aliphatic heterocycles. The van der Waals surface area contributed by atoms with Crippen molar-refractivity contribution in [1.29, 1.82) is 0 Å². The van der Waals surface area contributed by atoms with Crippen molar-refractivity contribution in [2.75, 3.05) is 5.32 Å². The first kappa shape index (κ1) is 16.1. The molecule has 1 aromatic carbocycles. The van der Waals surface area contributed by atoms with Crippen molar-refractivity contribution in [3.8, 4) is 11.1 Å². The monoisotopic (exact) mass is 326 g/mol. The van der Waals surface area contributed by atoms with Crippen molar-refractivity contribution in [3.05, 3.63) is 48.5 Å². The number of aromatic nitrogens is 2. The number of nitrogens with two attached hydrogens (primary N) is 1. The SMILES string of the molecule is CC(C)[C@H](N)C(=O)Nc1ccc(-c2c[nH]c3cc(F)ccc23)cn1. The number of pyridine rings is 1. The van der Waals surface area contributed by atoms with Crippen LogP contribution in [0.2, 0.25) is 0 Å². The second-order valence-corrected chi connectivity index (χ2v) is 6.08. The van der Waals surface area contributed by atoms with Gasteiger partial charge in [0.15, 0.2) is 0 Å². The van der Waals surface area contributed by atoms with E-state index in [1.54, 1.807) is 18.3 Å². The van der Waals surface area contributed by atoms with Gasteiger partial charge in [-0.05, 0) is 36.2 Å². The molecule has 3 rings (SSSR count). The van der Waals surface area contributed by atoms with Gasteiger partial charge in [-0.3, -0.25) is 4.79 Å². The van der Waals surface area contributed by atoms with Crippen LogP contribution in [0, 0.1) is 11.7 Å². The molecule has 0 aliphatic rings. The number of hydrogen-bond donors (Lipinski definition) is 3. The van der Waals surface area contributed by atoms with Crippen molar-refractivity contribution >= 4 is 22.6 Å². The quantitative estimate of drug-likeness (QED) is 0.688. The van der Waals surface area contributed by atoms with Crippen molar-refractivity contribution in [2.24, 2.45) is 11.7 Å². The van der Waals surface area contributed by atoms with Crippen LogP contribution in [0.3, 0.4) is 0 Å². The van der Waals surface area contributed by atoms with Crippen LogP contribution in [0.25, 0.3) is 22.0 Å². The molecule has 1 amide bonds. The second-order valence-electron chi connectivity index (χ2n) is 6.08. The molecule has 124 valence electrons.